The molecule has 2 aliphatic heterocycles. The van der Waals surface area contributed by atoms with Crippen LogP contribution in [0.15, 0.2) is 35.1 Å². The van der Waals surface area contributed by atoms with Crippen molar-refractivity contribution in [3.8, 4) is 5.75 Å². The molecule has 2 aromatic rings. The van der Waals surface area contributed by atoms with Crippen molar-refractivity contribution in [3.05, 3.63) is 29.0 Å². The molecule has 0 bridgehead atoms. The standard InChI is InChI=1S/C21H29N5O6S3/c1-4-15(17-8-13(10-32-17)12(2)3)22-19-20(25-34(29)24-19)23-16-11-33-21(18(16)28)35(30,31)26-7-5-6-14(26)9-27/h8,10-12,14-15,27-28H,4-7,9H2,1-3H3,(H,22,24)(H,23,25)/t14?,15-,34?/m1/s1. The van der Waals surface area contributed by atoms with Crippen molar-refractivity contribution in [1.82, 2.24) is 9.62 Å². The van der Waals surface area contributed by atoms with Crippen LogP contribution in [0.25, 0.3) is 0 Å². The van der Waals surface area contributed by atoms with Gasteiger partial charge in [-0.05, 0) is 36.8 Å². The normalized spacial score (nSPS) is 21.9. The zero-order valence-corrected chi connectivity index (χ0v) is 22.0. The highest BCUT2D eigenvalue weighted by Crippen LogP contribution is 2.41. The lowest BCUT2D eigenvalue weighted by atomic mass is 10.1. The maximum absolute atomic E-state index is 13.1. The third-order valence-corrected chi connectivity index (χ3v) is 10.1. The number of rotatable bonds is 8. The van der Waals surface area contributed by atoms with Crippen LogP contribution in [0.2, 0.25) is 0 Å². The monoisotopic (exact) mass is 543 g/mol. The Morgan fingerprint density at radius 2 is 2.09 bits per heavy atom. The number of sulfonamides is 1. The average molecular weight is 544 g/mol. The second-order valence-corrected chi connectivity index (χ2v) is 12.4. The Balaban J connectivity index is 1.53. The van der Waals surface area contributed by atoms with Gasteiger partial charge in [-0.2, -0.15) is 4.31 Å². The summed E-state index contributed by atoms with van der Waals surface area (Å²) in [5.41, 5.74) is 1.16. The van der Waals surface area contributed by atoms with Crippen LogP contribution < -0.4 is 10.6 Å². The summed E-state index contributed by atoms with van der Waals surface area (Å²) in [6, 6.07) is 1.19. The summed E-state index contributed by atoms with van der Waals surface area (Å²) < 4.78 is 53.0. The van der Waals surface area contributed by atoms with Gasteiger partial charge < -0.3 is 25.3 Å². The smallest absolute Gasteiger partial charge is 0.269 e. The number of hydrogen-bond donors (Lipinski definition) is 4. The number of aliphatic hydroxyl groups is 1. The number of amidine groups is 2. The number of aliphatic hydroxyl groups excluding tert-OH is 1. The fraction of sp³-hybridized carbons (Fsp3) is 0.524. The summed E-state index contributed by atoms with van der Waals surface area (Å²) in [6.07, 6.45) is 3.56. The second-order valence-electron chi connectivity index (χ2n) is 8.66. The van der Waals surface area contributed by atoms with E-state index in [9.17, 15) is 22.8 Å². The molecule has 14 heteroatoms. The number of aromatic hydroxyl groups is 1. The van der Waals surface area contributed by atoms with Gasteiger partial charge in [0.25, 0.3) is 21.2 Å². The van der Waals surface area contributed by atoms with E-state index in [2.05, 4.69) is 33.3 Å². The van der Waals surface area contributed by atoms with Crippen molar-refractivity contribution in [1.29, 1.82) is 0 Å². The summed E-state index contributed by atoms with van der Waals surface area (Å²) in [6.45, 7) is 6.10. The minimum absolute atomic E-state index is 0.105. The van der Waals surface area contributed by atoms with E-state index in [1.807, 2.05) is 13.0 Å². The molecule has 4 rings (SSSR count). The molecule has 0 amide bonds. The molecule has 11 nitrogen and oxygen atoms in total. The van der Waals surface area contributed by atoms with Crippen molar-refractivity contribution in [2.75, 3.05) is 18.5 Å². The van der Waals surface area contributed by atoms with E-state index >= 15 is 0 Å². The molecule has 4 N–H and O–H groups in total. The molecule has 2 unspecified atom stereocenters. The molecular formula is C21H29N5O6S3. The quantitative estimate of drug-likeness (QED) is 0.396. The maximum Gasteiger partial charge on any atom is 0.269 e. The Labute approximate surface area is 210 Å². The van der Waals surface area contributed by atoms with Crippen LogP contribution in [0, 0.1) is 0 Å². The van der Waals surface area contributed by atoms with Crippen molar-refractivity contribution in [3.63, 3.8) is 0 Å². The summed E-state index contributed by atoms with van der Waals surface area (Å²) in [5.74, 6) is 0.876. The van der Waals surface area contributed by atoms with Gasteiger partial charge in [-0.25, -0.2) is 12.6 Å². The van der Waals surface area contributed by atoms with Gasteiger partial charge in [-0.15, -0.1) is 20.1 Å². The molecule has 0 radical (unpaired) electrons. The molecule has 35 heavy (non-hydrogen) atoms. The minimum atomic E-state index is -3.99. The van der Waals surface area contributed by atoms with E-state index in [1.54, 1.807) is 6.26 Å². The lowest BCUT2D eigenvalue weighted by Crippen LogP contribution is -2.37. The van der Waals surface area contributed by atoms with E-state index in [4.69, 9.17) is 4.42 Å². The summed E-state index contributed by atoms with van der Waals surface area (Å²) in [5, 5.41) is 27.8. The summed E-state index contributed by atoms with van der Waals surface area (Å²) >= 11 is -1.01. The second kappa shape index (κ2) is 10.4. The highest BCUT2D eigenvalue weighted by atomic mass is 32.2. The van der Waals surface area contributed by atoms with Gasteiger partial charge in [0, 0.05) is 18.0 Å². The van der Waals surface area contributed by atoms with Crippen LogP contribution in [0.4, 0.5) is 5.69 Å². The van der Waals surface area contributed by atoms with Crippen LogP contribution in [-0.2, 0) is 21.2 Å². The largest absolute Gasteiger partial charge is 0.504 e. The Bertz CT molecular complexity index is 1270. The first-order chi connectivity index (χ1) is 16.6. The molecule has 4 heterocycles. The van der Waals surface area contributed by atoms with Gasteiger partial charge in [0.1, 0.15) is 5.76 Å². The molecule has 2 aromatic heterocycles. The number of hydrogen-bond acceptors (Lipinski definition) is 9. The lowest BCUT2D eigenvalue weighted by Gasteiger charge is -2.21. The fourth-order valence-electron chi connectivity index (χ4n) is 3.98. The molecule has 0 spiro atoms. The first-order valence-corrected chi connectivity index (χ1v) is 14.7. The number of furan rings is 1. The highest BCUT2D eigenvalue weighted by Gasteiger charge is 2.38. The molecule has 0 aliphatic carbocycles. The fourth-order valence-corrected chi connectivity index (χ4v) is 7.64. The first kappa shape index (κ1) is 25.8. The Morgan fingerprint density at radius 3 is 2.74 bits per heavy atom. The predicted molar refractivity (Wildman–Crippen MR) is 136 cm³/mol. The van der Waals surface area contributed by atoms with Gasteiger partial charge >= 0.3 is 0 Å². The van der Waals surface area contributed by atoms with Crippen molar-refractivity contribution < 1.29 is 27.3 Å². The predicted octanol–water partition coefficient (Wildman–Crippen LogP) is 2.86. The lowest BCUT2D eigenvalue weighted by molar-refractivity contribution is 0.213. The third-order valence-electron chi connectivity index (χ3n) is 5.99. The maximum atomic E-state index is 13.1. The minimum Gasteiger partial charge on any atom is -0.504 e. The Hall–Kier alpha value is -2.26. The van der Waals surface area contributed by atoms with E-state index in [0.717, 1.165) is 16.9 Å². The van der Waals surface area contributed by atoms with Crippen molar-refractivity contribution in [2.24, 2.45) is 8.80 Å². The topological polar surface area (TPSA) is 157 Å². The zero-order valence-electron chi connectivity index (χ0n) is 19.6. The number of thiophene rings is 1. The van der Waals surface area contributed by atoms with Gasteiger partial charge in [0.2, 0.25) is 0 Å². The van der Waals surface area contributed by atoms with E-state index in [0.29, 0.717) is 30.9 Å². The van der Waals surface area contributed by atoms with Crippen LogP contribution in [0.1, 0.15) is 63.3 Å². The Morgan fingerprint density at radius 1 is 1.34 bits per heavy atom. The molecule has 3 atom stereocenters. The van der Waals surface area contributed by atoms with Gasteiger partial charge in [-0.3, -0.25) is 0 Å². The molecule has 1 fully saturated rings. The Kier molecular flexibility index (Phi) is 7.66. The molecule has 2 aliphatic rings. The van der Waals surface area contributed by atoms with Gasteiger partial charge in [0.15, 0.2) is 21.6 Å². The van der Waals surface area contributed by atoms with E-state index < -0.39 is 33.0 Å². The number of nitrogens with one attached hydrogen (secondary N) is 2. The van der Waals surface area contributed by atoms with Gasteiger partial charge in [-0.1, -0.05) is 20.8 Å². The van der Waals surface area contributed by atoms with Crippen molar-refractivity contribution >= 4 is 49.9 Å². The van der Waals surface area contributed by atoms with Crippen LogP contribution >= 0.6 is 11.3 Å². The van der Waals surface area contributed by atoms with Crippen molar-refractivity contribution in [2.45, 2.75) is 62.2 Å². The van der Waals surface area contributed by atoms with Crippen LogP contribution in [-0.4, -0.2) is 58.0 Å². The zero-order chi connectivity index (χ0) is 25.3. The first-order valence-electron chi connectivity index (χ1n) is 11.3. The number of anilines is 1. The summed E-state index contributed by atoms with van der Waals surface area (Å²) in [4.78, 5) is 0. The third kappa shape index (κ3) is 5.16. The molecule has 1 saturated heterocycles. The molecule has 192 valence electrons. The number of nitrogens with zero attached hydrogens (tertiary/aromatic N) is 3. The molecule has 0 aromatic carbocycles. The van der Waals surface area contributed by atoms with E-state index in [1.165, 1.54) is 9.69 Å². The van der Waals surface area contributed by atoms with Crippen LogP contribution in [0.5, 0.6) is 5.75 Å². The average Bonchev–Trinajstić information content (AvgIpc) is 3.60. The van der Waals surface area contributed by atoms with E-state index in [-0.39, 0.29) is 40.8 Å². The van der Waals surface area contributed by atoms with Gasteiger partial charge in [0.05, 0.1) is 24.6 Å². The summed E-state index contributed by atoms with van der Waals surface area (Å²) in [7, 11) is -3.99. The molecular weight excluding hydrogens is 514 g/mol. The highest BCUT2D eigenvalue weighted by molar-refractivity contribution is 7.91. The SMILES string of the molecule is CC[C@@H](NC1=NS(=O)N=C1Nc1csc(S(=O)(=O)N2CCCC2CO)c1O)c1cc(C(C)C)co1. The molecule has 0 saturated carbocycles. The van der Waals surface area contributed by atoms with Crippen LogP contribution in [0.3, 0.4) is 0 Å².